The number of hydrogen-bond acceptors (Lipinski definition) is 4. The van der Waals surface area contributed by atoms with Crippen LogP contribution in [-0.2, 0) is 4.79 Å². The zero-order chi connectivity index (χ0) is 12.0. The molecule has 0 fully saturated rings. The molecular weight excluding hydrogens is 215 g/mol. The van der Waals surface area contributed by atoms with Crippen molar-refractivity contribution in [3.8, 4) is 5.75 Å². The quantitative estimate of drug-likeness (QED) is 0.467. The van der Waals surface area contributed by atoms with Crippen LogP contribution in [0, 0.1) is 5.82 Å². The second-order valence-electron chi connectivity index (χ2n) is 3.08. The van der Waals surface area contributed by atoms with Gasteiger partial charge in [-0.2, -0.15) is 0 Å². The second kappa shape index (κ2) is 5.97. The van der Waals surface area contributed by atoms with Crippen LogP contribution < -0.4 is 4.74 Å². The van der Waals surface area contributed by atoms with Gasteiger partial charge in [-0.25, -0.2) is 4.39 Å². The fourth-order valence-corrected chi connectivity index (χ4v) is 1.11. The summed E-state index contributed by atoms with van der Waals surface area (Å²) in [5, 5.41) is 8.50. The number of carbonyl (C=O) groups excluding carboxylic acids is 2. The first-order valence-electron chi connectivity index (χ1n) is 4.74. The number of hydrogen-bond donors (Lipinski definition) is 1. The Hall–Kier alpha value is -1.75. The van der Waals surface area contributed by atoms with Crippen molar-refractivity contribution in [3.63, 3.8) is 0 Å². The maximum Gasteiger partial charge on any atom is 0.311 e. The largest absolute Gasteiger partial charge is 0.423 e. The summed E-state index contributed by atoms with van der Waals surface area (Å²) in [5.74, 6) is -1.80. The highest BCUT2D eigenvalue weighted by atomic mass is 19.1. The summed E-state index contributed by atoms with van der Waals surface area (Å²) in [7, 11) is 0. The molecular formula is C11H11FO4. The number of esters is 1. The van der Waals surface area contributed by atoms with E-state index >= 15 is 0 Å². The Morgan fingerprint density at radius 2 is 2.25 bits per heavy atom. The van der Waals surface area contributed by atoms with Crippen LogP contribution in [0.2, 0.25) is 0 Å². The van der Waals surface area contributed by atoms with Crippen LogP contribution in [0.15, 0.2) is 18.2 Å². The third-order valence-corrected chi connectivity index (χ3v) is 1.88. The molecule has 16 heavy (non-hydrogen) atoms. The van der Waals surface area contributed by atoms with Crippen molar-refractivity contribution in [2.75, 3.05) is 6.61 Å². The molecule has 0 bridgehead atoms. The molecule has 1 rings (SSSR count). The van der Waals surface area contributed by atoms with E-state index in [2.05, 4.69) is 0 Å². The van der Waals surface area contributed by atoms with Crippen molar-refractivity contribution in [2.24, 2.45) is 0 Å². The second-order valence-corrected chi connectivity index (χ2v) is 3.08. The Bertz CT molecular complexity index is 390. The molecule has 0 unspecified atom stereocenters. The van der Waals surface area contributed by atoms with Gasteiger partial charge in [0.2, 0.25) is 0 Å². The molecule has 86 valence electrons. The molecule has 1 aromatic rings. The van der Waals surface area contributed by atoms with E-state index in [4.69, 9.17) is 9.84 Å². The van der Waals surface area contributed by atoms with E-state index in [1.54, 1.807) is 0 Å². The average Bonchev–Trinajstić information content (AvgIpc) is 2.29. The van der Waals surface area contributed by atoms with Gasteiger partial charge in [0, 0.05) is 13.0 Å². The van der Waals surface area contributed by atoms with E-state index in [0.29, 0.717) is 6.29 Å². The third-order valence-electron chi connectivity index (χ3n) is 1.88. The average molecular weight is 226 g/mol. The molecule has 0 aliphatic heterocycles. The lowest BCUT2D eigenvalue weighted by atomic mass is 10.2. The van der Waals surface area contributed by atoms with E-state index in [-0.39, 0.29) is 30.8 Å². The van der Waals surface area contributed by atoms with E-state index < -0.39 is 11.8 Å². The van der Waals surface area contributed by atoms with Gasteiger partial charge in [0.05, 0.1) is 5.56 Å². The summed E-state index contributed by atoms with van der Waals surface area (Å²) in [5.41, 5.74) is -0.0163. The summed E-state index contributed by atoms with van der Waals surface area (Å²) in [4.78, 5) is 21.8. The molecule has 0 radical (unpaired) electrons. The monoisotopic (exact) mass is 226 g/mol. The number of rotatable bonds is 5. The lowest BCUT2D eigenvalue weighted by Crippen LogP contribution is -2.11. The minimum atomic E-state index is -0.762. The SMILES string of the molecule is O=Cc1cccc(F)c1OC(=O)CCCO. The lowest BCUT2D eigenvalue weighted by molar-refractivity contribution is -0.134. The lowest BCUT2D eigenvalue weighted by Gasteiger charge is -2.06. The van der Waals surface area contributed by atoms with Crippen LogP contribution in [0.4, 0.5) is 4.39 Å². The van der Waals surface area contributed by atoms with Crippen molar-refractivity contribution in [1.29, 1.82) is 0 Å². The Kier molecular flexibility index (Phi) is 4.60. The van der Waals surface area contributed by atoms with Crippen LogP contribution in [0.3, 0.4) is 0 Å². The highest BCUT2D eigenvalue weighted by Gasteiger charge is 2.13. The summed E-state index contributed by atoms with van der Waals surface area (Å²) in [6, 6.07) is 3.80. The minimum absolute atomic E-state index is 0.0163. The van der Waals surface area contributed by atoms with Gasteiger partial charge in [0.1, 0.15) is 0 Å². The molecule has 0 atom stereocenters. The molecule has 0 heterocycles. The third kappa shape index (κ3) is 3.13. The van der Waals surface area contributed by atoms with Gasteiger partial charge in [-0.15, -0.1) is 0 Å². The van der Waals surface area contributed by atoms with Gasteiger partial charge in [-0.3, -0.25) is 9.59 Å². The molecule has 0 aromatic heterocycles. The van der Waals surface area contributed by atoms with Crippen LogP contribution in [0.1, 0.15) is 23.2 Å². The molecule has 0 spiro atoms. The molecule has 0 aliphatic carbocycles. The van der Waals surface area contributed by atoms with Crippen molar-refractivity contribution in [1.82, 2.24) is 0 Å². The topological polar surface area (TPSA) is 63.6 Å². The number of halogens is 1. The Morgan fingerprint density at radius 3 is 2.88 bits per heavy atom. The van der Waals surface area contributed by atoms with Gasteiger partial charge >= 0.3 is 5.97 Å². The molecule has 0 saturated heterocycles. The van der Waals surface area contributed by atoms with Crippen molar-refractivity contribution in [3.05, 3.63) is 29.6 Å². The van der Waals surface area contributed by atoms with Gasteiger partial charge in [-0.05, 0) is 18.6 Å². The maximum absolute atomic E-state index is 13.2. The summed E-state index contributed by atoms with van der Waals surface area (Å²) in [6.45, 7) is -0.146. The number of aliphatic hydroxyl groups excluding tert-OH is 1. The molecule has 5 heteroatoms. The van der Waals surface area contributed by atoms with Gasteiger partial charge in [-0.1, -0.05) is 6.07 Å². The van der Waals surface area contributed by atoms with Crippen LogP contribution in [0.25, 0.3) is 0 Å². The number of aldehydes is 1. The van der Waals surface area contributed by atoms with Crippen molar-refractivity contribution in [2.45, 2.75) is 12.8 Å². The normalized spacial score (nSPS) is 9.88. The van der Waals surface area contributed by atoms with Crippen molar-refractivity contribution >= 4 is 12.3 Å². The summed E-state index contributed by atoms with van der Waals surface area (Å²) in [6.07, 6.45) is 0.630. The van der Waals surface area contributed by atoms with Gasteiger partial charge in [0.25, 0.3) is 0 Å². The first kappa shape index (κ1) is 12.3. The van der Waals surface area contributed by atoms with E-state index in [0.717, 1.165) is 6.07 Å². The van der Waals surface area contributed by atoms with Crippen molar-refractivity contribution < 1.29 is 23.8 Å². The number of aliphatic hydroxyl groups is 1. The standard InChI is InChI=1S/C11H11FO4/c12-9-4-1-3-8(7-14)11(9)16-10(15)5-2-6-13/h1,3-4,7,13H,2,5-6H2. The Morgan fingerprint density at radius 1 is 1.50 bits per heavy atom. The van der Waals surface area contributed by atoms with Gasteiger partial charge < -0.3 is 9.84 Å². The van der Waals surface area contributed by atoms with E-state index in [1.165, 1.54) is 12.1 Å². The first-order chi connectivity index (χ1) is 7.69. The number of ether oxygens (including phenoxy) is 1. The number of benzene rings is 1. The highest BCUT2D eigenvalue weighted by molar-refractivity contribution is 5.82. The zero-order valence-electron chi connectivity index (χ0n) is 8.48. The predicted octanol–water partition coefficient (Wildman–Crippen LogP) is 1.32. The molecule has 0 amide bonds. The highest BCUT2D eigenvalue weighted by Crippen LogP contribution is 2.21. The minimum Gasteiger partial charge on any atom is -0.423 e. The fourth-order valence-electron chi connectivity index (χ4n) is 1.11. The molecule has 4 nitrogen and oxygen atoms in total. The first-order valence-corrected chi connectivity index (χ1v) is 4.74. The molecule has 1 N–H and O–H groups in total. The molecule has 0 saturated carbocycles. The Balaban J connectivity index is 2.79. The number of para-hydroxylation sites is 1. The predicted molar refractivity (Wildman–Crippen MR) is 53.7 cm³/mol. The maximum atomic E-state index is 13.2. The zero-order valence-corrected chi connectivity index (χ0v) is 8.48. The molecule has 1 aromatic carbocycles. The molecule has 0 aliphatic rings. The summed E-state index contributed by atoms with van der Waals surface area (Å²) >= 11 is 0. The van der Waals surface area contributed by atoms with Gasteiger partial charge in [0.15, 0.2) is 17.9 Å². The fraction of sp³-hybridized carbons (Fsp3) is 0.273. The van der Waals surface area contributed by atoms with E-state index in [1.807, 2.05) is 0 Å². The van der Waals surface area contributed by atoms with Crippen LogP contribution in [-0.4, -0.2) is 24.0 Å². The van der Waals surface area contributed by atoms with Crippen LogP contribution >= 0.6 is 0 Å². The van der Waals surface area contributed by atoms with Crippen LogP contribution in [0.5, 0.6) is 5.75 Å². The Labute approximate surface area is 91.7 Å². The smallest absolute Gasteiger partial charge is 0.311 e. The number of carbonyl (C=O) groups is 2. The summed E-state index contributed by atoms with van der Waals surface area (Å²) < 4.78 is 17.9. The van der Waals surface area contributed by atoms with E-state index in [9.17, 15) is 14.0 Å².